The summed E-state index contributed by atoms with van der Waals surface area (Å²) < 4.78 is 0. The quantitative estimate of drug-likeness (QED) is 0.743. The van der Waals surface area contributed by atoms with E-state index in [2.05, 4.69) is 10.3 Å². The minimum atomic E-state index is -0.623. The Kier molecular flexibility index (Phi) is 3.43. The SMILES string of the molecule is CC(O)CNC(=O)c1cc(=O)[nH]c2ccccc12. The number of rotatable bonds is 3. The van der Waals surface area contributed by atoms with E-state index in [-0.39, 0.29) is 18.0 Å². The van der Waals surface area contributed by atoms with Gasteiger partial charge in [0, 0.05) is 23.5 Å². The predicted octanol–water partition coefficient (Wildman–Crippen LogP) is 0.639. The van der Waals surface area contributed by atoms with Gasteiger partial charge in [-0.05, 0) is 13.0 Å². The van der Waals surface area contributed by atoms with Crippen molar-refractivity contribution in [2.24, 2.45) is 0 Å². The number of hydrogen-bond donors (Lipinski definition) is 3. The number of aromatic nitrogens is 1. The molecule has 1 atom stereocenters. The van der Waals surface area contributed by atoms with Crippen molar-refractivity contribution in [1.82, 2.24) is 10.3 Å². The minimum Gasteiger partial charge on any atom is -0.392 e. The van der Waals surface area contributed by atoms with Crippen LogP contribution in [0.15, 0.2) is 35.1 Å². The van der Waals surface area contributed by atoms with Crippen molar-refractivity contribution in [2.45, 2.75) is 13.0 Å². The molecule has 1 amide bonds. The number of aliphatic hydroxyl groups is 1. The van der Waals surface area contributed by atoms with Crippen LogP contribution in [0.4, 0.5) is 0 Å². The van der Waals surface area contributed by atoms with E-state index in [1.807, 2.05) is 0 Å². The molecule has 1 unspecified atom stereocenters. The molecule has 0 saturated heterocycles. The molecule has 2 aromatic rings. The van der Waals surface area contributed by atoms with E-state index >= 15 is 0 Å². The van der Waals surface area contributed by atoms with Gasteiger partial charge < -0.3 is 15.4 Å². The van der Waals surface area contributed by atoms with Crippen LogP contribution in [0.5, 0.6) is 0 Å². The van der Waals surface area contributed by atoms with E-state index in [0.717, 1.165) is 0 Å². The Morgan fingerprint density at radius 2 is 2.17 bits per heavy atom. The average Bonchev–Trinajstić information content (AvgIpc) is 2.34. The van der Waals surface area contributed by atoms with E-state index in [1.165, 1.54) is 6.07 Å². The van der Waals surface area contributed by atoms with Gasteiger partial charge in [-0.15, -0.1) is 0 Å². The van der Waals surface area contributed by atoms with Crippen molar-refractivity contribution in [3.8, 4) is 0 Å². The molecule has 94 valence electrons. The lowest BCUT2D eigenvalue weighted by atomic mass is 10.1. The number of para-hydroxylation sites is 1. The van der Waals surface area contributed by atoms with Gasteiger partial charge in [-0.2, -0.15) is 0 Å². The lowest BCUT2D eigenvalue weighted by Crippen LogP contribution is -2.31. The van der Waals surface area contributed by atoms with Crippen LogP contribution in [0, 0.1) is 0 Å². The summed E-state index contributed by atoms with van der Waals surface area (Å²) in [5.41, 5.74) is 0.609. The Bertz CT molecular complexity index is 631. The molecule has 2 rings (SSSR count). The van der Waals surface area contributed by atoms with Crippen LogP contribution in [-0.2, 0) is 0 Å². The third-order valence-corrected chi connectivity index (χ3v) is 2.55. The van der Waals surface area contributed by atoms with Gasteiger partial charge in [-0.25, -0.2) is 0 Å². The maximum Gasteiger partial charge on any atom is 0.252 e. The number of carbonyl (C=O) groups excluding carboxylic acids is 1. The average molecular weight is 246 g/mol. The zero-order valence-electron chi connectivity index (χ0n) is 9.93. The Hall–Kier alpha value is -2.14. The molecule has 0 bridgehead atoms. The molecule has 0 aliphatic rings. The molecule has 0 spiro atoms. The maximum atomic E-state index is 11.9. The lowest BCUT2D eigenvalue weighted by molar-refractivity contribution is 0.0925. The van der Waals surface area contributed by atoms with E-state index in [9.17, 15) is 9.59 Å². The molecule has 1 aromatic carbocycles. The molecule has 0 aliphatic carbocycles. The van der Waals surface area contributed by atoms with Gasteiger partial charge in [-0.1, -0.05) is 18.2 Å². The first-order valence-electron chi connectivity index (χ1n) is 5.66. The third kappa shape index (κ3) is 2.57. The van der Waals surface area contributed by atoms with Gasteiger partial charge in [0.15, 0.2) is 0 Å². The highest BCUT2D eigenvalue weighted by Gasteiger charge is 2.11. The number of pyridine rings is 1. The normalized spacial score (nSPS) is 12.3. The molecule has 18 heavy (non-hydrogen) atoms. The van der Waals surface area contributed by atoms with Gasteiger partial charge in [0.25, 0.3) is 5.91 Å². The number of benzene rings is 1. The molecular formula is C13H14N2O3. The molecule has 5 nitrogen and oxygen atoms in total. The standard InChI is InChI=1S/C13H14N2O3/c1-8(16)7-14-13(18)10-6-12(17)15-11-5-3-2-4-9(10)11/h2-6,8,16H,7H2,1H3,(H,14,18)(H,15,17). The van der Waals surface area contributed by atoms with Crippen molar-refractivity contribution >= 4 is 16.8 Å². The van der Waals surface area contributed by atoms with Crippen LogP contribution in [-0.4, -0.2) is 28.6 Å². The van der Waals surface area contributed by atoms with Crippen molar-refractivity contribution in [3.05, 3.63) is 46.2 Å². The first-order valence-corrected chi connectivity index (χ1v) is 5.66. The largest absolute Gasteiger partial charge is 0.392 e. The molecular weight excluding hydrogens is 232 g/mol. The molecule has 0 saturated carbocycles. The molecule has 0 fully saturated rings. The molecule has 5 heteroatoms. The summed E-state index contributed by atoms with van der Waals surface area (Å²) in [6.07, 6.45) is -0.623. The second-order valence-corrected chi connectivity index (χ2v) is 4.15. The first-order chi connectivity index (χ1) is 8.58. The van der Waals surface area contributed by atoms with Crippen molar-refractivity contribution in [2.75, 3.05) is 6.54 Å². The molecule has 0 aliphatic heterocycles. The number of hydrogen-bond acceptors (Lipinski definition) is 3. The Balaban J connectivity index is 2.43. The van der Waals surface area contributed by atoms with Gasteiger partial charge in [0.1, 0.15) is 0 Å². The second kappa shape index (κ2) is 5.01. The molecule has 1 aromatic heterocycles. The van der Waals surface area contributed by atoms with Crippen LogP contribution in [0.1, 0.15) is 17.3 Å². The van der Waals surface area contributed by atoms with Gasteiger partial charge in [0.2, 0.25) is 5.56 Å². The van der Waals surface area contributed by atoms with Crippen LogP contribution in [0.2, 0.25) is 0 Å². The highest BCUT2D eigenvalue weighted by Crippen LogP contribution is 2.14. The van der Waals surface area contributed by atoms with E-state index in [0.29, 0.717) is 16.5 Å². The lowest BCUT2D eigenvalue weighted by Gasteiger charge is -2.09. The summed E-state index contributed by atoms with van der Waals surface area (Å²) in [6, 6.07) is 8.35. The smallest absolute Gasteiger partial charge is 0.252 e. The minimum absolute atomic E-state index is 0.153. The third-order valence-electron chi connectivity index (χ3n) is 2.55. The van der Waals surface area contributed by atoms with Gasteiger partial charge >= 0.3 is 0 Å². The molecule has 0 radical (unpaired) electrons. The molecule has 1 heterocycles. The van der Waals surface area contributed by atoms with E-state index in [1.54, 1.807) is 31.2 Å². The number of nitrogens with one attached hydrogen (secondary N) is 2. The molecule has 3 N–H and O–H groups in total. The zero-order chi connectivity index (χ0) is 13.1. The van der Waals surface area contributed by atoms with Crippen molar-refractivity contribution in [1.29, 1.82) is 0 Å². The monoisotopic (exact) mass is 246 g/mol. The fraction of sp³-hybridized carbons (Fsp3) is 0.231. The van der Waals surface area contributed by atoms with Gasteiger partial charge in [-0.3, -0.25) is 9.59 Å². The van der Waals surface area contributed by atoms with Crippen molar-refractivity contribution in [3.63, 3.8) is 0 Å². The second-order valence-electron chi connectivity index (χ2n) is 4.15. The fourth-order valence-corrected chi connectivity index (χ4v) is 1.73. The van der Waals surface area contributed by atoms with Crippen LogP contribution in [0.3, 0.4) is 0 Å². The Morgan fingerprint density at radius 3 is 2.89 bits per heavy atom. The summed E-state index contributed by atoms with van der Waals surface area (Å²) in [5, 5.41) is 12.4. The number of aromatic amines is 1. The van der Waals surface area contributed by atoms with Gasteiger partial charge in [0.05, 0.1) is 11.7 Å². The highest BCUT2D eigenvalue weighted by molar-refractivity contribution is 6.05. The fourth-order valence-electron chi connectivity index (χ4n) is 1.73. The first kappa shape index (κ1) is 12.3. The summed E-state index contributed by atoms with van der Waals surface area (Å²) >= 11 is 0. The number of carbonyl (C=O) groups is 1. The van der Waals surface area contributed by atoms with E-state index in [4.69, 9.17) is 5.11 Å². The highest BCUT2D eigenvalue weighted by atomic mass is 16.3. The number of aliphatic hydroxyl groups excluding tert-OH is 1. The van der Waals surface area contributed by atoms with E-state index < -0.39 is 6.10 Å². The Morgan fingerprint density at radius 1 is 1.44 bits per heavy atom. The predicted molar refractivity (Wildman–Crippen MR) is 68.6 cm³/mol. The number of fused-ring (bicyclic) bond motifs is 1. The van der Waals surface area contributed by atoms with Crippen LogP contribution >= 0.6 is 0 Å². The summed E-state index contributed by atoms with van der Waals surface area (Å²) in [5.74, 6) is -0.363. The van der Waals surface area contributed by atoms with Crippen molar-refractivity contribution < 1.29 is 9.90 Å². The summed E-state index contributed by atoms with van der Waals surface area (Å²) in [4.78, 5) is 26.1. The van der Waals surface area contributed by atoms with Crippen LogP contribution < -0.4 is 10.9 Å². The Labute approximate surface area is 103 Å². The number of amides is 1. The summed E-state index contributed by atoms with van der Waals surface area (Å²) in [7, 11) is 0. The van der Waals surface area contributed by atoms with Crippen LogP contribution in [0.25, 0.3) is 10.9 Å². The summed E-state index contributed by atoms with van der Waals surface area (Å²) in [6.45, 7) is 1.73. The topological polar surface area (TPSA) is 82.2 Å². The number of H-pyrrole nitrogens is 1. The zero-order valence-corrected chi connectivity index (χ0v) is 9.93. The maximum absolute atomic E-state index is 11.9.